The fraction of sp³-hybridized carbons (Fsp3) is 0.222. The number of carbonyl (C=O) groups excluding carboxylic acids is 1. The molecular formula is C18H18N2O. The first-order chi connectivity index (χ1) is 10.3. The van der Waals surface area contributed by atoms with Crippen molar-refractivity contribution in [2.75, 3.05) is 0 Å². The van der Waals surface area contributed by atoms with Gasteiger partial charge in [-0.2, -0.15) is 5.10 Å². The smallest absolute Gasteiger partial charge is 0.267 e. The zero-order valence-corrected chi connectivity index (χ0v) is 11.9. The third-order valence-electron chi connectivity index (χ3n) is 3.77. The van der Waals surface area contributed by atoms with Crippen molar-refractivity contribution in [1.29, 1.82) is 0 Å². The van der Waals surface area contributed by atoms with Gasteiger partial charge >= 0.3 is 0 Å². The van der Waals surface area contributed by atoms with Crippen LogP contribution in [-0.2, 0) is 6.42 Å². The lowest BCUT2D eigenvalue weighted by Gasteiger charge is -2.08. The molecule has 0 saturated carbocycles. The highest BCUT2D eigenvalue weighted by molar-refractivity contribution is 6.03. The molecule has 3 rings (SSSR count). The molecule has 0 radical (unpaired) electrons. The summed E-state index contributed by atoms with van der Waals surface area (Å²) >= 11 is 0. The summed E-state index contributed by atoms with van der Waals surface area (Å²) in [6, 6.07) is 17.5. The van der Waals surface area contributed by atoms with Gasteiger partial charge in [-0.05, 0) is 43.4 Å². The number of fused-ring (bicyclic) bond motifs is 1. The highest BCUT2D eigenvalue weighted by atomic mass is 16.2. The Morgan fingerprint density at radius 2 is 1.62 bits per heavy atom. The standard InChI is InChI=1S/C18H18N2O/c21-18(15-10-2-1-3-11-15)20-19-17-13-7-5-9-14-8-4-6-12-16(14)17/h1-4,6,8,10-12H,5,7,9,13H2,(H,20,21)/b19-17-. The third-order valence-corrected chi connectivity index (χ3v) is 3.77. The molecule has 0 heterocycles. The van der Waals surface area contributed by atoms with E-state index in [1.54, 1.807) is 12.1 Å². The summed E-state index contributed by atoms with van der Waals surface area (Å²) in [5.74, 6) is -0.162. The highest BCUT2D eigenvalue weighted by Gasteiger charge is 2.14. The predicted molar refractivity (Wildman–Crippen MR) is 84.4 cm³/mol. The minimum absolute atomic E-state index is 0.162. The van der Waals surface area contributed by atoms with Gasteiger partial charge in [0, 0.05) is 11.1 Å². The molecule has 0 aromatic heterocycles. The van der Waals surface area contributed by atoms with Gasteiger partial charge in [0.05, 0.1) is 5.71 Å². The first-order valence-corrected chi connectivity index (χ1v) is 7.35. The molecule has 106 valence electrons. The fourth-order valence-electron chi connectivity index (χ4n) is 2.65. The molecule has 0 spiro atoms. The number of nitrogens with one attached hydrogen (secondary N) is 1. The normalized spacial score (nSPS) is 16.1. The van der Waals surface area contributed by atoms with Gasteiger partial charge in [-0.3, -0.25) is 4.79 Å². The quantitative estimate of drug-likeness (QED) is 0.662. The highest BCUT2D eigenvalue weighted by Crippen LogP contribution is 2.20. The minimum atomic E-state index is -0.162. The van der Waals surface area contributed by atoms with Crippen molar-refractivity contribution in [3.8, 4) is 0 Å². The van der Waals surface area contributed by atoms with Crippen LogP contribution >= 0.6 is 0 Å². The Balaban J connectivity index is 1.82. The van der Waals surface area contributed by atoms with E-state index in [1.165, 1.54) is 17.5 Å². The van der Waals surface area contributed by atoms with Crippen molar-refractivity contribution in [3.05, 3.63) is 71.3 Å². The van der Waals surface area contributed by atoms with Gasteiger partial charge in [0.15, 0.2) is 0 Å². The number of hydrazone groups is 1. The van der Waals surface area contributed by atoms with Gasteiger partial charge in [0.2, 0.25) is 0 Å². The van der Waals surface area contributed by atoms with E-state index in [0.29, 0.717) is 5.56 Å². The van der Waals surface area contributed by atoms with E-state index in [1.807, 2.05) is 24.3 Å². The van der Waals surface area contributed by atoms with Crippen molar-refractivity contribution in [2.24, 2.45) is 5.10 Å². The Morgan fingerprint density at radius 1 is 0.905 bits per heavy atom. The number of hydrogen-bond donors (Lipinski definition) is 1. The average Bonchev–Trinajstić information content (AvgIpc) is 2.76. The van der Waals surface area contributed by atoms with Crippen molar-refractivity contribution in [1.82, 2.24) is 5.43 Å². The SMILES string of the molecule is O=C(N/N=C1/CCCCc2ccccc21)c1ccccc1. The Kier molecular flexibility index (Phi) is 4.10. The Labute approximate surface area is 124 Å². The number of rotatable bonds is 2. The van der Waals surface area contributed by atoms with Crippen LogP contribution in [0.4, 0.5) is 0 Å². The van der Waals surface area contributed by atoms with Crippen LogP contribution in [0, 0.1) is 0 Å². The number of nitrogens with zero attached hydrogens (tertiary/aromatic N) is 1. The molecule has 1 aliphatic rings. The van der Waals surface area contributed by atoms with E-state index in [-0.39, 0.29) is 5.91 Å². The van der Waals surface area contributed by atoms with Crippen LogP contribution in [0.2, 0.25) is 0 Å². The van der Waals surface area contributed by atoms with E-state index in [9.17, 15) is 4.79 Å². The monoisotopic (exact) mass is 278 g/mol. The molecule has 0 bridgehead atoms. The number of aryl methyl sites for hydroxylation is 1. The molecule has 3 heteroatoms. The van der Waals surface area contributed by atoms with Gasteiger partial charge in [0.25, 0.3) is 5.91 Å². The van der Waals surface area contributed by atoms with Gasteiger partial charge < -0.3 is 0 Å². The lowest BCUT2D eigenvalue weighted by atomic mass is 10.0. The van der Waals surface area contributed by atoms with Crippen molar-refractivity contribution >= 4 is 11.6 Å². The molecule has 0 fully saturated rings. The topological polar surface area (TPSA) is 41.5 Å². The molecule has 1 aliphatic carbocycles. The molecule has 0 aliphatic heterocycles. The van der Waals surface area contributed by atoms with E-state index in [0.717, 1.165) is 25.0 Å². The maximum absolute atomic E-state index is 12.1. The Morgan fingerprint density at radius 3 is 2.48 bits per heavy atom. The molecule has 2 aromatic carbocycles. The zero-order valence-electron chi connectivity index (χ0n) is 11.9. The van der Waals surface area contributed by atoms with Crippen molar-refractivity contribution < 1.29 is 4.79 Å². The van der Waals surface area contributed by atoms with Crippen LogP contribution in [0.25, 0.3) is 0 Å². The summed E-state index contributed by atoms with van der Waals surface area (Å²) < 4.78 is 0. The number of benzene rings is 2. The molecule has 2 aromatic rings. The summed E-state index contributed by atoms with van der Waals surface area (Å²) in [5, 5.41) is 4.38. The predicted octanol–water partition coefficient (Wildman–Crippen LogP) is 3.55. The van der Waals surface area contributed by atoms with Gasteiger partial charge in [0.1, 0.15) is 0 Å². The zero-order chi connectivity index (χ0) is 14.5. The van der Waals surface area contributed by atoms with E-state index in [2.05, 4.69) is 28.7 Å². The summed E-state index contributed by atoms with van der Waals surface area (Å²) in [7, 11) is 0. The van der Waals surface area contributed by atoms with Gasteiger partial charge in [-0.1, -0.05) is 42.5 Å². The van der Waals surface area contributed by atoms with Crippen LogP contribution in [0.5, 0.6) is 0 Å². The van der Waals surface area contributed by atoms with E-state index in [4.69, 9.17) is 0 Å². The average molecular weight is 278 g/mol. The molecule has 1 amide bonds. The lowest BCUT2D eigenvalue weighted by molar-refractivity contribution is 0.0955. The molecule has 0 unspecified atom stereocenters. The summed E-state index contributed by atoms with van der Waals surface area (Å²) in [6.45, 7) is 0. The Bertz CT molecular complexity index is 662. The number of hydrogen-bond acceptors (Lipinski definition) is 2. The van der Waals surface area contributed by atoms with Crippen LogP contribution < -0.4 is 5.43 Å². The second kappa shape index (κ2) is 6.35. The maximum Gasteiger partial charge on any atom is 0.271 e. The largest absolute Gasteiger partial charge is 0.271 e. The first kappa shape index (κ1) is 13.6. The maximum atomic E-state index is 12.1. The van der Waals surface area contributed by atoms with Crippen molar-refractivity contribution in [3.63, 3.8) is 0 Å². The van der Waals surface area contributed by atoms with Crippen LogP contribution in [0.15, 0.2) is 59.7 Å². The molecule has 3 nitrogen and oxygen atoms in total. The second-order valence-electron chi connectivity index (χ2n) is 5.23. The summed E-state index contributed by atoms with van der Waals surface area (Å²) in [6.07, 6.45) is 4.27. The Hall–Kier alpha value is -2.42. The van der Waals surface area contributed by atoms with Crippen molar-refractivity contribution in [2.45, 2.75) is 25.7 Å². The number of amides is 1. The molecule has 0 atom stereocenters. The molecule has 0 saturated heterocycles. The van der Waals surface area contributed by atoms with E-state index >= 15 is 0 Å². The lowest BCUT2D eigenvalue weighted by Crippen LogP contribution is -2.20. The van der Waals surface area contributed by atoms with E-state index < -0.39 is 0 Å². The molecular weight excluding hydrogens is 260 g/mol. The van der Waals surface area contributed by atoms with Crippen LogP contribution in [0.3, 0.4) is 0 Å². The number of carbonyl (C=O) groups is 1. The van der Waals surface area contributed by atoms with Gasteiger partial charge in [-0.25, -0.2) is 5.43 Å². The molecule has 21 heavy (non-hydrogen) atoms. The van der Waals surface area contributed by atoms with Crippen LogP contribution in [0.1, 0.15) is 40.7 Å². The van der Waals surface area contributed by atoms with Crippen LogP contribution in [-0.4, -0.2) is 11.6 Å². The third kappa shape index (κ3) is 3.19. The summed E-state index contributed by atoms with van der Waals surface area (Å²) in [5.41, 5.74) is 6.79. The molecule has 1 N–H and O–H groups in total. The minimum Gasteiger partial charge on any atom is -0.267 e. The second-order valence-corrected chi connectivity index (χ2v) is 5.23. The fourth-order valence-corrected chi connectivity index (χ4v) is 2.65. The van der Waals surface area contributed by atoms with Gasteiger partial charge in [-0.15, -0.1) is 0 Å². The summed E-state index contributed by atoms with van der Waals surface area (Å²) in [4.78, 5) is 12.1. The first-order valence-electron chi connectivity index (χ1n) is 7.35.